The third kappa shape index (κ3) is 1.53. The lowest BCUT2D eigenvalue weighted by molar-refractivity contribution is 0.0605. The van der Waals surface area contributed by atoms with Crippen LogP contribution >= 0.6 is 11.3 Å². The Labute approximate surface area is 96.8 Å². The van der Waals surface area contributed by atoms with E-state index in [-0.39, 0.29) is 5.97 Å². The molecule has 2 aromatic rings. The summed E-state index contributed by atoms with van der Waals surface area (Å²) in [6, 6.07) is 1.78. The molecule has 4 nitrogen and oxygen atoms in total. The van der Waals surface area contributed by atoms with Crippen molar-refractivity contribution in [2.45, 2.75) is 6.92 Å². The van der Waals surface area contributed by atoms with Crippen molar-refractivity contribution in [1.82, 2.24) is 4.98 Å². The van der Waals surface area contributed by atoms with E-state index in [9.17, 15) is 4.79 Å². The number of pyridine rings is 1. The number of carbonyl (C=O) groups is 1. The monoisotopic (exact) mass is 237 g/mol. The Balaban J connectivity index is 2.72. The second-order valence-corrected chi connectivity index (χ2v) is 4.26. The number of hydrogen-bond acceptors (Lipinski definition) is 5. The topological polar surface area (TPSA) is 48.4 Å². The summed E-state index contributed by atoms with van der Waals surface area (Å²) in [7, 11) is 2.97. The zero-order valence-corrected chi connectivity index (χ0v) is 10.1. The van der Waals surface area contributed by atoms with Gasteiger partial charge in [0.05, 0.1) is 24.4 Å². The summed E-state index contributed by atoms with van der Waals surface area (Å²) in [4.78, 5) is 16.4. The van der Waals surface area contributed by atoms with Crippen molar-refractivity contribution in [2.75, 3.05) is 14.2 Å². The third-order valence-corrected chi connectivity index (χ3v) is 3.63. The van der Waals surface area contributed by atoms with Gasteiger partial charge in [-0.05, 0) is 13.0 Å². The van der Waals surface area contributed by atoms with Gasteiger partial charge in [-0.2, -0.15) is 0 Å². The predicted octanol–water partition coefficient (Wildman–Crippen LogP) is 2.40. The molecule has 5 heteroatoms. The molecule has 0 saturated carbocycles. The van der Waals surface area contributed by atoms with Gasteiger partial charge >= 0.3 is 5.97 Å². The van der Waals surface area contributed by atoms with E-state index in [0.717, 1.165) is 21.5 Å². The van der Waals surface area contributed by atoms with Gasteiger partial charge < -0.3 is 9.47 Å². The number of fused-ring (bicyclic) bond motifs is 1. The molecule has 0 N–H and O–H groups in total. The average Bonchev–Trinajstić information content (AvgIpc) is 2.66. The van der Waals surface area contributed by atoms with Crippen molar-refractivity contribution in [3.05, 3.63) is 22.7 Å². The Hall–Kier alpha value is -1.62. The molecule has 0 aliphatic heterocycles. The Morgan fingerprint density at radius 3 is 2.81 bits per heavy atom. The van der Waals surface area contributed by atoms with Crippen molar-refractivity contribution in [3.8, 4) is 5.75 Å². The number of hydrogen-bond donors (Lipinski definition) is 0. The quantitative estimate of drug-likeness (QED) is 0.752. The van der Waals surface area contributed by atoms with E-state index in [2.05, 4.69) is 4.98 Å². The van der Waals surface area contributed by atoms with Gasteiger partial charge in [0.2, 0.25) is 0 Å². The molecule has 16 heavy (non-hydrogen) atoms. The molecule has 0 aliphatic carbocycles. The van der Waals surface area contributed by atoms with Crippen LogP contribution in [0.15, 0.2) is 12.3 Å². The first-order valence-corrected chi connectivity index (χ1v) is 5.51. The summed E-state index contributed by atoms with van der Waals surface area (Å²) in [5, 5.41) is 0. The van der Waals surface area contributed by atoms with E-state index in [4.69, 9.17) is 9.47 Å². The highest BCUT2D eigenvalue weighted by atomic mass is 32.1. The molecule has 0 spiro atoms. The highest BCUT2D eigenvalue weighted by Crippen LogP contribution is 2.35. The number of esters is 1. The summed E-state index contributed by atoms with van der Waals surface area (Å²) < 4.78 is 10.8. The molecule has 0 fully saturated rings. The number of aromatic nitrogens is 1. The maximum atomic E-state index is 11.5. The minimum absolute atomic E-state index is 0.331. The minimum Gasteiger partial charge on any atom is -0.495 e. The van der Waals surface area contributed by atoms with Gasteiger partial charge in [0.25, 0.3) is 0 Å². The molecule has 0 amide bonds. The number of rotatable bonds is 2. The van der Waals surface area contributed by atoms with Crippen molar-refractivity contribution in [3.63, 3.8) is 0 Å². The SMILES string of the molecule is COC(=O)c1sc2c(OC)ccnc2c1C. The van der Waals surface area contributed by atoms with Crippen LogP contribution in [-0.2, 0) is 4.74 Å². The van der Waals surface area contributed by atoms with Gasteiger partial charge in [0.1, 0.15) is 10.6 Å². The van der Waals surface area contributed by atoms with Gasteiger partial charge in [-0.3, -0.25) is 4.98 Å². The summed E-state index contributed by atoms with van der Waals surface area (Å²) in [6.07, 6.45) is 1.67. The Kier molecular flexibility index (Phi) is 2.78. The number of carbonyl (C=O) groups excluding carboxylic acids is 1. The first-order valence-electron chi connectivity index (χ1n) is 4.69. The predicted molar refractivity (Wildman–Crippen MR) is 62.2 cm³/mol. The average molecular weight is 237 g/mol. The fraction of sp³-hybridized carbons (Fsp3) is 0.273. The lowest BCUT2D eigenvalue weighted by atomic mass is 10.2. The number of ether oxygens (including phenoxy) is 2. The molecule has 0 saturated heterocycles. The van der Waals surface area contributed by atoms with Crippen LogP contribution < -0.4 is 4.74 Å². The first kappa shape index (κ1) is 10.9. The van der Waals surface area contributed by atoms with Crippen molar-refractivity contribution in [2.24, 2.45) is 0 Å². The van der Waals surface area contributed by atoms with Gasteiger partial charge in [0.15, 0.2) is 0 Å². The van der Waals surface area contributed by atoms with E-state index >= 15 is 0 Å². The molecule has 0 radical (unpaired) electrons. The molecular weight excluding hydrogens is 226 g/mol. The van der Waals surface area contributed by atoms with Crippen LogP contribution in [0.2, 0.25) is 0 Å². The van der Waals surface area contributed by atoms with Crippen molar-refractivity contribution in [1.29, 1.82) is 0 Å². The minimum atomic E-state index is -0.331. The molecule has 0 bridgehead atoms. The fourth-order valence-corrected chi connectivity index (χ4v) is 2.71. The number of nitrogens with zero attached hydrogens (tertiary/aromatic N) is 1. The lowest BCUT2D eigenvalue weighted by Crippen LogP contribution is -1.99. The molecule has 84 valence electrons. The van der Waals surface area contributed by atoms with Gasteiger partial charge in [-0.15, -0.1) is 11.3 Å². The fourth-order valence-electron chi connectivity index (χ4n) is 1.53. The highest BCUT2D eigenvalue weighted by Gasteiger charge is 2.18. The van der Waals surface area contributed by atoms with Crippen LogP contribution in [0.25, 0.3) is 10.2 Å². The second kappa shape index (κ2) is 4.09. The summed E-state index contributed by atoms with van der Waals surface area (Å²) >= 11 is 1.35. The van der Waals surface area contributed by atoms with Crippen LogP contribution in [0.4, 0.5) is 0 Å². The molecule has 0 aliphatic rings. The highest BCUT2D eigenvalue weighted by molar-refractivity contribution is 7.21. The van der Waals surface area contributed by atoms with Crippen LogP contribution in [-0.4, -0.2) is 25.2 Å². The number of methoxy groups -OCH3 is 2. The Morgan fingerprint density at radius 2 is 2.19 bits per heavy atom. The molecule has 2 rings (SSSR count). The van der Waals surface area contributed by atoms with Crippen LogP contribution in [0.1, 0.15) is 15.2 Å². The van der Waals surface area contributed by atoms with Crippen molar-refractivity contribution < 1.29 is 14.3 Å². The summed E-state index contributed by atoms with van der Waals surface area (Å²) in [5.74, 6) is 0.399. The molecule has 0 atom stereocenters. The van der Waals surface area contributed by atoms with Crippen LogP contribution in [0.3, 0.4) is 0 Å². The smallest absolute Gasteiger partial charge is 0.348 e. The van der Waals surface area contributed by atoms with E-state index in [1.54, 1.807) is 19.4 Å². The van der Waals surface area contributed by atoms with E-state index in [1.165, 1.54) is 18.4 Å². The van der Waals surface area contributed by atoms with E-state index in [1.807, 2.05) is 6.92 Å². The van der Waals surface area contributed by atoms with Crippen LogP contribution in [0, 0.1) is 6.92 Å². The Morgan fingerprint density at radius 1 is 1.44 bits per heavy atom. The summed E-state index contributed by atoms with van der Waals surface area (Å²) in [5.41, 5.74) is 1.63. The summed E-state index contributed by atoms with van der Waals surface area (Å²) in [6.45, 7) is 1.86. The Bertz CT molecular complexity index is 547. The second-order valence-electron chi connectivity index (χ2n) is 3.24. The van der Waals surface area contributed by atoms with Gasteiger partial charge in [0, 0.05) is 11.8 Å². The molecule has 2 aromatic heterocycles. The van der Waals surface area contributed by atoms with E-state index < -0.39 is 0 Å². The molecule has 0 unspecified atom stereocenters. The maximum absolute atomic E-state index is 11.5. The van der Waals surface area contributed by atoms with Crippen molar-refractivity contribution >= 4 is 27.5 Å². The number of aryl methyl sites for hydroxylation is 1. The van der Waals surface area contributed by atoms with E-state index in [0.29, 0.717) is 4.88 Å². The lowest BCUT2D eigenvalue weighted by Gasteiger charge is -1.98. The zero-order chi connectivity index (χ0) is 11.7. The standard InChI is InChI=1S/C11H11NO3S/c1-6-8-10(7(14-2)4-5-12-8)16-9(6)11(13)15-3/h4-5H,1-3H3. The molecular formula is C11H11NO3S. The molecule has 0 aromatic carbocycles. The van der Waals surface area contributed by atoms with Gasteiger partial charge in [-0.1, -0.05) is 0 Å². The third-order valence-electron chi connectivity index (χ3n) is 2.36. The maximum Gasteiger partial charge on any atom is 0.348 e. The zero-order valence-electron chi connectivity index (χ0n) is 9.23. The first-order chi connectivity index (χ1) is 7.69. The largest absolute Gasteiger partial charge is 0.495 e. The van der Waals surface area contributed by atoms with Gasteiger partial charge in [-0.25, -0.2) is 4.79 Å². The number of thiophene rings is 1. The van der Waals surface area contributed by atoms with Crippen LogP contribution in [0.5, 0.6) is 5.75 Å². The normalized spacial score (nSPS) is 10.4. The molecule has 2 heterocycles.